The Balaban J connectivity index is 1.68. The molecule has 5 heteroatoms. The van der Waals surface area contributed by atoms with Gasteiger partial charge in [0.05, 0.1) is 0 Å². The van der Waals surface area contributed by atoms with Crippen LogP contribution in [0, 0.1) is 6.92 Å². The first kappa shape index (κ1) is 15.9. The van der Waals surface area contributed by atoms with E-state index in [0.717, 1.165) is 22.9 Å². The van der Waals surface area contributed by atoms with Gasteiger partial charge in [-0.1, -0.05) is 17.7 Å². The summed E-state index contributed by atoms with van der Waals surface area (Å²) < 4.78 is 0. The number of amides is 1. The van der Waals surface area contributed by atoms with Gasteiger partial charge in [0.15, 0.2) is 0 Å². The van der Waals surface area contributed by atoms with Crippen LogP contribution in [-0.2, 0) is 4.79 Å². The highest BCUT2D eigenvalue weighted by Crippen LogP contribution is 2.21. The molecule has 110 valence electrons. The molecule has 0 saturated carbocycles. The van der Waals surface area contributed by atoms with Gasteiger partial charge in [0.25, 0.3) is 0 Å². The van der Waals surface area contributed by atoms with Crippen molar-refractivity contribution in [3.63, 3.8) is 0 Å². The Labute approximate surface area is 134 Å². The quantitative estimate of drug-likeness (QED) is 0.627. The molecular formula is C16H17ClN2OS. The highest BCUT2D eigenvalue weighted by atomic mass is 35.5. The zero-order valence-electron chi connectivity index (χ0n) is 11.8. The molecule has 3 nitrogen and oxygen atoms in total. The van der Waals surface area contributed by atoms with Crippen molar-refractivity contribution < 1.29 is 4.79 Å². The van der Waals surface area contributed by atoms with E-state index in [0.29, 0.717) is 12.2 Å². The van der Waals surface area contributed by atoms with Crippen LogP contribution in [0.4, 0.5) is 5.82 Å². The molecule has 0 aliphatic carbocycles. The molecule has 0 fully saturated rings. The Kier molecular flexibility index (Phi) is 6.08. The Morgan fingerprint density at radius 1 is 1.24 bits per heavy atom. The van der Waals surface area contributed by atoms with E-state index in [2.05, 4.69) is 10.3 Å². The molecule has 1 N–H and O–H groups in total. The van der Waals surface area contributed by atoms with Crippen molar-refractivity contribution in [2.45, 2.75) is 24.7 Å². The zero-order chi connectivity index (χ0) is 15.1. The molecule has 1 aromatic carbocycles. The average Bonchev–Trinajstić information content (AvgIpc) is 2.45. The smallest absolute Gasteiger partial charge is 0.225 e. The van der Waals surface area contributed by atoms with Gasteiger partial charge in [0.2, 0.25) is 5.91 Å². The fourth-order valence-electron chi connectivity index (χ4n) is 1.77. The minimum absolute atomic E-state index is 0.00445. The summed E-state index contributed by atoms with van der Waals surface area (Å²) in [7, 11) is 0. The van der Waals surface area contributed by atoms with E-state index < -0.39 is 0 Å². The molecule has 0 aliphatic heterocycles. The predicted molar refractivity (Wildman–Crippen MR) is 89.0 cm³/mol. The number of pyridine rings is 1. The minimum atomic E-state index is 0.00445. The van der Waals surface area contributed by atoms with Crippen LogP contribution in [0.2, 0.25) is 5.02 Å². The van der Waals surface area contributed by atoms with Gasteiger partial charge in [-0.05, 0) is 55.5 Å². The lowest BCUT2D eigenvalue weighted by Crippen LogP contribution is -2.12. The molecule has 0 bridgehead atoms. The third kappa shape index (κ3) is 5.78. The molecule has 0 aliphatic rings. The summed E-state index contributed by atoms with van der Waals surface area (Å²) in [5, 5.41) is 3.55. The number of aryl methyl sites for hydroxylation is 1. The number of nitrogens with one attached hydrogen (secondary N) is 1. The molecule has 21 heavy (non-hydrogen) atoms. The van der Waals surface area contributed by atoms with Gasteiger partial charge in [-0.15, -0.1) is 11.8 Å². The van der Waals surface area contributed by atoms with Crippen LogP contribution in [0.1, 0.15) is 18.5 Å². The topological polar surface area (TPSA) is 42.0 Å². The standard InChI is InChI=1S/C16H17ClN2OS/c1-12-4-2-5-15(18-12)19-16(20)6-3-11-21-14-9-7-13(17)8-10-14/h2,4-5,7-10H,3,6,11H2,1H3,(H,18,19,20). The number of hydrogen-bond acceptors (Lipinski definition) is 3. The monoisotopic (exact) mass is 320 g/mol. The maximum atomic E-state index is 11.8. The van der Waals surface area contributed by atoms with Crippen molar-refractivity contribution in [1.82, 2.24) is 4.98 Å². The number of carbonyl (C=O) groups excluding carboxylic acids is 1. The van der Waals surface area contributed by atoms with Crippen LogP contribution in [0.15, 0.2) is 47.4 Å². The Bertz CT molecular complexity index is 601. The molecule has 1 heterocycles. The summed E-state index contributed by atoms with van der Waals surface area (Å²) >= 11 is 7.56. The first-order valence-corrected chi connectivity index (χ1v) is 8.12. The van der Waals surface area contributed by atoms with E-state index >= 15 is 0 Å². The van der Waals surface area contributed by atoms with Gasteiger partial charge < -0.3 is 5.32 Å². The molecule has 0 unspecified atom stereocenters. The van der Waals surface area contributed by atoms with Crippen LogP contribution in [-0.4, -0.2) is 16.6 Å². The fraction of sp³-hybridized carbons (Fsp3) is 0.250. The van der Waals surface area contributed by atoms with Gasteiger partial charge >= 0.3 is 0 Å². The van der Waals surface area contributed by atoms with E-state index in [-0.39, 0.29) is 5.91 Å². The number of anilines is 1. The molecule has 0 saturated heterocycles. The molecular weight excluding hydrogens is 304 g/mol. The molecule has 0 spiro atoms. The summed E-state index contributed by atoms with van der Waals surface area (Å²) in [5.74, 6) is 1.52. The van der Waals surface area contributed by atoms with Gasteiger partial charge in [0, 0.05) is 22.0 Å². The second kappa shape index (κ2) is 8.05. The van der Waals surface area contributed by atoms with Crippen molar-refractivity contribution in [1.29, 1.82) is 0 Å². The van der Waals surface area contributed by atoms with E-state index in [1.807, 2.05) is 43.3 Å². The minimum Gasteiger partial charge on any atom is -0.311 e. The maximum absolute atomic E-state index is 11.8. The van der Waals surface area contributed by atoms with Crippen molar-refractivity contribution in [2.24, 2.45) is 0 Å². The van der Waals surface area contributed by atoms with Crippen LogP contribution in [0.25, 0.3) is 0 Å². The normalized spacial score (nSPS) is 10.4. The number of rotatable bonds is 6. The summed E-state index contributed by atoms with van der Waals surface area (Å²) in [6, 6.07) is 13.3. The number of thioether (sulfide) groups is 1. The summed E-state index contributed by atoms with van der Waals surface area (Å²) in [4.78, 5) is 17.2. The van der Waals surface area contributed by atoms with Crippen LogP contribution in [0.5, 0.6) is 0 Å². The van der Waals surface area contributed by atoms with Crippen LogP contribution < -0.4 is 5.32 Å². The molecule has 0 atom stereocenters. The second-order valence-corrected chi connectivity index (χ2v) is 6.22. The fourth-order valence-corrected chi connectivity index (χ4v) is 2.75. The molecule has 2 rings (SSSR count). The lowest BCUT2D eigenvalue weighted by molar-refractivity contribution is -0.116. The zero-order valence-corrected chi connectivity index (χ0v) is 13.4. The van der Waals surface area contributed by atoms with Gasteiger partial charge in [-0.2, -0.15) is 0 Å². The highest BCUT2D eigenvalue weighted by molar-refractivity contribution is 7.99. The molecule has 2 aromatic rings. The molecule has 1 aromatic heterocycles. The van der Waals surface area contributed by atoms with Crippen molar-refractivity contribution in [3.8, 4) is 0 Å². The summed E-state index contributed by atoms with van der Waals surface area (Å²) in [6.45, 7) is 1.90. The lowest BCUT2D eigenvalue weighted by atomic mass is 10.3. The van der Waals surface area contributed by atoms with Gasteiger partial charge in [0.1, 0.15) is 5.82 Å². The second-order valence-electron chi connectivity index (χ2n) is 4.62. The van der Waals surface area contributed by atoms with E-state index in [4.69, 9.17) is 11.6 Å². The van der Waals surface area contributed by atoms with Gasteiger partial charge in [-0.25, -0.2) is 4.98 Å². The predicted octanol–water partition coefficient (Wildman–Crippen LogP) is 4.55. The summed E-state index contributed by atoms with van der Waals surface area (Å²) in [5.41, 5.74) is 0.895. The number of benzene rings is 1. The Morgan fingerprint density at radius 2 is 2.00 bits per heavy atom. The van der Waals surface area contributed by atoms with Crippen LogP contribution >= 0.6 is 23.4 Å². The number of carbonyl (C=O) groups is 1. The Hall–Kier alpha value is -1.52. The van der Waals surface area contributed by atoms with E-state index in [9.17, 15) is 4.79 Å². The molecule has 0 radical (unpaired) electrons. The Morgan fingerprint density at radius 3 is 2.71 bits per heavy atom. The van der Waals surface area contributed by atoms with Gasteiger partial charge in [-0.3, -0.25) is 4.79 Å². The maximum Gasteiger partial charge on any atom is 0.225 e. The highest BCUT2D eigenvalue weighted by Gasteiger charge is 2.03. The average molecular weight is 321 g/mol. The molecule has 1 amide bonds. The number of hydrogen-bond donors (Lipinski definition) is 1. The van der Waals surface area contributed by atoms with E-state index in [1.54, 1.807) is 17.8 Å². The lowest BCUT2D eigenvalue weighted by Gasteiger charge is -2.05. The SMILES string of the molecule is Cc1cccc(NC(=O)CCCSc2ccc(Cl)cc2)n1. The van der Waals surface area contributed by atoms with Crippen molar-refractivity contribution >= 4 is 35.1 Å². The first-order valence-electron chi connectivity index (χ1n) is 6.75. The summed E-state index contributed by atoms with van der Waals surface area (Å²) in [6.07, 6.45) is 1.32. The van der Waals surface area contributed by atoms with E-state index in [1.165, 1.54) is 4.90 Å². The number of halogens is 1. The number of nitrogens with zero attached hydrogens (tertiary/aromatic N) is 1. The third-order valence-corrected chi connectivity index (χ3v) is 4.14. The van der Waals surface area contributed by atoms with Crippen molar-refractivity contribution in [2.75, 3.05) is 11.1 Å². The third-order valence-electron chi connectivity index (χ3n) is 2.79. The van der Waals surface area contributed by atoms with Crippen LogP contribution in [0.3, 0.4) is 0 Å². The first-order chi connectivity index (χ1) is 10.1. The number of aromatic nitrogens is 1. The largest absolute Gasteiger partial charge is 0.311 e. The van der Waals surface area contributed by atoms with Crippen molar-refractivity contribution in [3.05, 3.63) is 53.2 Å².